The van der Waals surface area contributed by atoms with Crippen LogP contribution in [-0.2, 0) is 4.79 Å². The lowest BCUT2D eigenvalue weighted by Gasteiger charge is -2.35. The van der Waals surface area contributed by atoms with Crippen molar-refractivity contribution in [2.75, 3.05) is 6.54 Å². The van der Waals surface area contributed by atoms with Crippen molar-refractivity contribution in [3.8, 4) is 6.07 Å². The molecule has 0 aromatic rings. The third-order valence-electron chi connectivity index (χ3n) is 3.25. The molecule has 0 aromatic carbocycles. The summed E-state index contributed by atoms with van der Waals surface area (Å²) in [6, 6.07) is 2.49. The molecule has 0 saturated carbocycles. The average molecular weight is 209 g/mol. The first-order valence-corrected chi connectivity index (χ1v) is 5.36. The SMILES string of the molecule is CC1CCC(C(C)(C)C#N)N1C(=O)CN. The Hall–Kier alpha value is -1.08. The first-order chi connectivity index (χ1) is 6.94. The minimum absolute atomic E-state index is 0.00792. The van der Waals surface area contributed by atoms with Gasteiger partial charge in [-0.05, 0) is 33.6 Å². The van der Waals surface area contributed by atoms with E-state index < -0.39 is 5.41 Å². The summed E-state index contributed by atoms with van der Waals surface area (Å²) in [6.07, 6.45) is 1.86. The van der Waals surface area contributed by atoms with Gasteiger partial charge in [-0.25, -0.2) is 0 Å². The molecule has 2 N–H and O–H groups in total. The zero-order valence-corrected chi connectivity index (χ0v) is 9.66. The minimum Gasteiger partial charge on any atom is -0.334 e. The Bertz CT molecular complexity index is 293. The molecule has 1 amide bonds. The van der Waals surface area contributed by atoms with Gasteiger partial charge in [0, 0.05) is 6.04 Å². The van der Waals surface area contributed by atoms with Crippen molar-refractivity contribution < 1.29 is 4.79 Å². The second kappa shape index (κ2) is 4.19. The van der Waals surface area contributed by atoms with Crippen LogP contribution in [-0.4, -0.2) is 29.4 Å². The summed E-state index contributed by atoms with van der Waals surface area (Å²) >= 11 is 0. The predicted octanol–water partition coefficient (Wildman–Crippen LogP) is 0.874. The Morgan fingerprint density at radius 2 is 2.20 bits per heavy atom. The van der Waals surface area contributed by atoms with E-state index >= 15 is 0 Å². The van der Waals surface area contributed by atoms with E-state index in [-0.39, 0.29) is 24.5 Å². The summed E-state index contributed by atoms with van der Waals surface area (Å²) < 4.78 is 0. The first-order valence-electron chi connectivity index (χ1n) is 5.36. The first kappa shape index (κ1) is 12.0. The van der Waals surface area contributed by atoms with Gasteiger partial charge in [0.1, 0.15) is 0 Å². The number of likely N-dealkylation sites (tertiary alicyclic amines) is 1. The molecule has 4 nitrogen and oxygen atoms in total. The number of nitrogens with two attached hydrogens (primary N) is 1. The van der Waals surface area contributed by atoms with Crippen LogP contribution in [0.25, 0.3) is 0 Å². The number of carbonyl (C=O) groups excluding carboxylic acids is 1. The number of nitrogens with zero attached hydrogens (tertiary/aromatic N) is 2. The van der Waals surface area contributed by atoms with Gasteiger partial charge in [0.2, 0.25) is 5.91 Å². The standard InChI is InChI=1S/C11H19N3O/c1-8-4-5-9(11(2,3)7-13)14(8)10(15)6-12/h8-9H,4-6,12H2,1-3H3. The Balaban J connectivity index is 2.91. The largest absolute Gasteiger partial charge is 0.334 e. The highest BCUT2D eigenvalue weighted by Gasteiger charge is 2.42. The molecule has 15 heavy (non-hydrogen) atoms. The molecule has 1 rings (SSSR count). The normalized spacial score (nSPS) is 26.5. The molecule has 0 spiro atoms. The smallest absolute Gasteiger partial charge is 0.236 e. The van der Waals surface area contributed by atoms with E-state index in [0.717, 1.165) is 12.8 Å². The molecular formula is C11H19N3O. The molecule has 1 saturated heterocycles. The van der Waals surface area contributed by atoms with Gasteiger partial charge in [0.25, 0.3) is 0 Å². The Kier molecular flexibility index (Phi) is 3.35. The molecule has 2 unspecified atom stereocenters. The Labute approximate surface area is 91.0 Å². The molecule has 1 aliphatic rings. The third kappa shape index (κ3) is 2.13. The summed E-state index contributed by atoms with van der Waals surface area (Å²) in [5.41, 5.74) is 4.90. The number of carbonyl (C=O) groups is 1. The van der Waals surface area contributed by atoms with E-state index in [1.807, 2.05) is 20.8 Å². The lowest BCUT2D eigenvalue weighted by atomic mass is 9.84. The molecule has 0 radical (unpaired) electrons. The Morgan fingerprint density at radius 1 is 1.60 bits per heavy atom. The van der Waals surface area contributed by atoms with Crippen LogP contribution in [0, 0.1) is 16.7 Å². The second-order valence-electron chi connectivity index (χ2n) is 4.78. The lowest BCUT2D eigenvalue weighted by Crippen LogP contribution is -2.48. The Morgan fingerprint density at radius 3 is 2.67 bits per heavy atom. The van der Waals surface area contributed by atoms with Crippen LogP contribution >= 0.6 is 0 Å². The molecule has 0 aliphatic carbocycles. The van der Waals surface area contributed by atoms with Crippen LogP contribution in [0.1, 0.15) is 33.6 Å². The van der Waals surface area contributed by atoms with Gasteiger partial charge in [0.15, 0.2) is 0 Å². The summed E-state index contributed by atoms with van der Waals surface area (Å²) in [6.45, 7) is 5.81. The zero-order chi connectivity index (χ0) is 11.6. The summed E-state index contributed by atoms with van der Waals surface area (Å²) in [5, 5.41) is 9.09. The highest BCUT2D eigenvalue weighted by molar-refractivity contribution is 5.79. The third-order valence-corrected chi connectivity index (χ3v) is 3.25. The minimum atomic E-state index is -0.490. The molecular weight excluding hydrogens is 190 g/mol. The maximum Gasteiger partial charge on any atom is 0.236 e. The van der Waals surface area contributed by atoms with E-state index in [9.17, 15) is 4.79 Å². The summed E-state index contributed by atoms with van der Waals surface area (Å²) in [5.74, 6) is -0.0478. The van der Waals surface area contributed by atoms with Gasteiger partial charge in [-0.1, -0.05) is 0 Å². The van der Waals surface area contributed by atoms with E-state index in [1.54, 1.807) is 4.90 Å². The monoisotopic (exact) mass is 209 g/mol. The fraction of sp³-hybridized carbons (Fsp3) is 0.818. The van der Waals surface area contributed by atoms with Gasteiger partial charge in [-0.15, -0.1) is 0 Å². The molecule has 1 heterocycles. The van der Waals surface area contributed by atoms with Crippen LogP contribution in [0.4, 0.5) is 0 Å². The van der Waals surface area contributed by atoms with Crippen molar-refractivity contribution in [2.24, 2.45) is 11.1 Å². The van der Waals surface area contributed by atoms with Crippen LogP contribution < -0.4 is 5.73 Å². The number of hydrogen-bond acceptors (Lipinski definition) is 3. The maximum absolute atomic E-state index is 11.7. The fourth-order valence-corrected chi connectivity index (χ4v) is 2.29. The molecule has 1 aliphatic heterocycles. The highest BCUT2D eigenvalue weighted by Crippen LogP contribution is 2.35. The van der Waals surface area contributed by atoms with Crippen molar-refractivity contribution in [3.63, 3.8) is 0 Å². The van der Waals surface area contributed by atoms with E-state index in [2.05, 4.69) is 6.07 Å². The van der Waals surface area contributed by atoms with Crippen molar-refractivity contribution >= 4 is 5.91 Å². The van der Waals surface area contributed by atoms with Crippen molar-refractivity contribution in [1.82, 2.24) is 4.90 Å². The van der Waals surface area contributed by atoms with Gasteiger partial charge >= 0.3 is 0 Å². The van der Waals surface area contributed by atoms with Crippen LogP contribution in [0.15, 0.2) is 0 Å². The van der Waals surface area contributed by atoms with Gasteiger partial charge in [0.05, 0.1) is 24.1 Å². The summed E-state index contributed by atoms with van der Waals surface area (Å²) in [7, 11) is 0. The number of amides is 1. The van der Waals surface area contributed by atoms with Gasteiger partial charge in [-0.3, -0.25) is 4.79 Å². The second-order valence-corrected chi connectivity index (χ2v) is 4.78. The maximum atomic E-state index is 11.7. The van der Waals surface area contributed by atoms with E-state index in [4.69, 9.17) is 11.0 Å². The molecule has 1 fully saturated rings. The molecule has 2 atom stereocenters. The zero-order valence-electron chi connectivity index (χ0n) is 9.66. The number of nitriles is 1. The van der Waals surface area contributed by atoms with Gasteiger partial charge in [-0.2, -0.15) is 5.26 Å². The van der Waals surface area contributed by atoms with Crippen LogP contribution in [0.2, 0.25) is 0 Å². The van der Waals surface area contributed by atoms with E-state index in [0.29, 0.717) is 0 Å². The lowest BCUT2D eigenvalue weighted by molar-refractivity contribution is -0.133. The molecule has 4 heteroatoms. The number of rotatable bonds is 2. The predicted molar refractivity (Wildman–Crippen MR) is 57.8 cm³/mol. The quantitative estimate of drug-likeness (QED) is 0.733. The summed E-state index contributed by atoms with van der Waals surface area (Å²) in [4.78, 5) is 13.5. The van der Waals surface area contributed by atoms with Gasteiger partial charge < -0.3 is 10.6 Å². The van der Waals surface area contributed by atoms with Crippen molar-refractivity contribution in [3.05, 3.63) is 0 Å². The molecule has 0 bridgehead atoms. The van der Waals surface area contributed by atoms with E-state index in [1.165, 1.54) is 0 Å². The topological polar surface area (TPSA) is 70.1 Å². The van der Waals surface area contributed by atoms with Crippen LogP contribution in [0.5, 0.6) is 0 Å². The average Bonchev–Trinajstić information content (AvgIpc) is 2.59. The molecule has 0 aromatic heterocycles. The highest BCUT2D eigenvalue weighted by atomic mass is 16.2. The fourth-order valence-electron chi connectivity index (χ4n) is 2.29. The van der Waals surface area contributed by atoms with Crippen molar-refractivity contribution in [1.29, 1.82) is 5.26 Å². The van der Waals surface area contributed by atoms with Crippen LogP contribution in [0.3, 0.4) is 0 Å². The molecule has 84 valence electrons. The number of hydrogen-bond donors (Lipinski definition) is 1. The van der Waals surface area contributed by atoms with Crippen molar-refractivity contribution in [2.45, 2.75) is 45.7 Å².